The second-order valence-electron chi connectivity index (χ2n) is 4.48. The van der Waals surface area contributed by atoms with E-state index in [1.807, 2.05) is 18.7 Å². The van der Waals surface area contributed by atoms with Crippen LogP contribution >= 0.6 is 0 Å². The van der Waals surface area contributed by atoms with Crippen LogP contribution in [0.5, 0.6) is 0 Å². The van der Waals surface area contributed by atoms with E-state index in [0.717, 1.165) is 25.4 Å². The van der Waals surface area contributed by atoms with E-state index in [9.17, 15) is 4.79 Å². The van der Waals surface area contributed by atoms with E-state index in [-0.39, 0.29) is 11.8 Å². The summed E-state index contributed by atoms with van der Waals surface area (Å²) in [5.74, 6) is 1.09. The first-order valence-corrected chi connectivity index (χ1v) is 6.21. The van der Waals surface area contributed by atoms with Gasteiger partial charge in [-0.1, -0.05) is 19.3 Å². The van der Waals surface area contributed by atoms with Gasteiger partial charge in [-0.15, -0.1) is 0 Å². The van der Waals surface area contributed by atoms with Crippen LogP contribution in [0, 0.1) is 11.8 Å². The van der Waals surface area contributed by atoms with Crippen LogP contribution in [0.4, 0.5) is 0 Å². The van der Waals surface area contributed by atoms with Gasteiger partial charge < -0.3 is 10.6 Å². The summed E-state index contributed by atoms with van der Waals surface area (Å²) in [6.45, 7) is 6.16. The minimum absolute atomic E-state index is 0.0650. The molecule has 1 saturated carbocycles. The molecule has 0 aromatic heterocycles. The van der Waals surface area contributed by atoms with Gasteiger partial charge >= 0.3 is 0 Å². The van der Waals surface area contributed by atoms with E-state index >= 15 is 0 Å². The Balaban J connectivity index is 2.44. The maximum atomic E-state index is 12.1. The fourth-order valence-electron chi connectivity index (χ4n) is 2.22. The molecule has 88 valence electrons. The van der Waals surface area contributed by atoms with Gasteiger partial charge in [-0.3, -0.25) is 4.79 Å². The first kappa shape index (κ1) is 12.5. The Morgan fingerprint density at radius 3 is 2.33 bits per heavy atom. The highest BCUT2D eigenvalue weighted by atomic mass is 16.2. The van der Waals surface area contributed by atoms with Crippen LogP contribution in [0.25, 0.3) is 0 Å². The molecule has 1 unspecified atom stereocenters. The second-order valence-corrected chi connectivity index (χ2v) is 4.48. The predicted octanol–water partition coefficient (Wildman–Crippen LogP) is 1.62. The summed E-state index contributed by atoms with van der Waals surface area (Å²) in [6.07, 6.45) is 4.93. The van der Waals surface area contributed by atoms with Gasteiger partial charge in [0.05, 0.1) is 5.92 Å². The van der Waals surface area contributed by atoms with Crippen molar-refractivity contribution >= 4 is 5.91 Å². The average Bonchev–Trinajstić information content (AvgIpc) is 2.18. The number of hydrogen-bond donors (Lipinski definition) is 1. The normalized spacial score (nSPS) is 18.3. The van der Waals surface area contributed by atoms with Gasteiger partial charge in [-0.2, -0.15) is 0 Å². The van der Waals surface area contributed by atoms with Crippen molar-refractivity contribution in [3.05, 3.63) is 0 Å². The molecule has 0 spiro atoms. The van der Waals surface area contributed by atoms with Crippen molar-refractivity contribution in [2.45, 2.75) is 39.5 Å². The summed E-state index contributed by atoms with van der Waals surface area (Å²) in [4.78, 5) is 14.0. The van der Waals surface area contributed by atoms with E-state index in [0.29, 0.717) is 6.54 Å². The molecule has 3 heteroatoms. The number of hydrogen-bond acceptors (Lipinski definition) is 2. The SMILES string of the molecule is CCN(CC)C(=O)C(CN)CC1CCC1. The predicted molar refractivity (Wildman–Crippen MR) is 62.4 cm³/mol. The van der Waals surface area contributed by atoms with Crippen LogP contribution < -0.4 is 5.73 Å². The smallest absolute Gasteiger partial charge is 0.226 e. The van der Waals surface area contributed by atoms with E-state index in [1.165, 1.54) is 19.3 Å². The van der Waals surface area contributed by atoms with Crippen LogP contribution in [0.2, 0.25) is 0 Å². The lowest BCUT2D eigenvalue weighted by Crippen LogP contribution is -2.40. The van der Waals surface area contributed by atoms with E-state index < -0.39 is 0 Å². The molecule has 0 bridgehead atoms. The van der Waals surface area contributed by atoms with Gasteiger partial charge in [0.1, 0.15) is 0 Å². The Kier molecular flexibility index (Phi) is 5.09. The topological polar surface area (TPSA) is 46.3 Å². The van der Waals surface area contributed by atoms with Crippen molar-refractivity contribution in [1.29, 1.82) is 0 Å². The number of nitrogens with zero attached hydrogens (tertiary/aromatic N) is 1. The number of rotatable bonds is 6. The standard InChI is InChI=1S/C12H24N2O/c1-3-14(4-2)12(15)11(9-13)8-10-6-5-7-10/h10-11H,3-9,13H2,1-2H3. The molecule has 1 fully saturated rings. The third kappa shape index (κ3) is 3.20. The van der Waals surface area contributed by atoms with Gasteiger partial charge in [-0.05, 0) is 26.2 Å². The molecule has 0 aliphatic heterocycles. The molecule has 1 aliphatic rings. The summed E-state index contributed by atoms with van der Waals surface area (Å²) in [6, 6.07) is 0. The van der Waals surface area contributed by atoms with Crippen molar-refractivity contribution in [1.82, 2.24) is 4.90 Å². The summed E-state index contributed by atoms with van der Waals surface area (Å²) < 4.78 is 0. The highest BCUT2D eigenvalue weighted by Crippen LogP contribution is 2.32. The van der Waals surface area contributed by atoms with Crippen molar-refractivity contribution in [3.8, 4) is 0 Å². The molecule has 0 aromatic rings. The summed E-state index contributed by atoms with van der Waals surface area (Å²) in [5, 5.41) is 0. The van der Waals surface area contributed by atoms with Crippen LogP contribution in [0.3, 0.4) is 0 Å². The molecule has 0 heterocycles. The third-order valence-electron chi connectivity index (χ3n) is 3.55. The highest BCUT2D eigenvalue weighted by molar-refractivity contribution is 5.79. The first-order chi connectivity index (χ1) is 7.22. The number of carbonyl (C=O) groups is 1. The number of nitrogens with two attached hydrogens (primary N) is 1. The Bertz CT molecular complexity index is 198. The van der Waals surface area contributed by atoms with Gasteiger partial charge in [0.25, 0.3) is 0 Å². The van der Waals surface area contributed by atoms with Crippen LogP contribution in [0.1, 0.15) is 39.5 Å². The van der Waals surface area contributed by atoms with E-state index in [1.54, 1.807) is 0 Å². The molecule has 0 saturated heterocycles. The van der Waals surface area contributed by atoms with Crippen molar-refractivity contribution in [2.75, 3.05) is 19.6 Å². The molecule has 3 nitrogen and oxygen atoms in total. The number of carbonyl (C=O) groups excluding carboxylic acids is 1. The zero-order chi connectivity index (χ0) is 11.3. The zero-order valence-corrected chi connectivity index (χ0v) is 10.0. The second kappa shape index (κ2) is 6.11. The highest BCUT2D eigenvalue weighted by Gasteiger charge is 2.27. The Morgan fingerprint density at radius 1 is 1.40 bits per heavy atom. The van der Waals surface area contributed by atoms with Gasteiger partial charge in [0.2, 0.25) is 5.91 Å². The molecule has 15 heavy (non-hydrogen) atoms. The van der Waals surface area contributed by atoms with Crippen molar-refractivity contribution in [2.24, 2.45) is 17.6 Å². The van der Waals surface area contributed by atoms with Crippen LogP contribution in [-0.2, 0) is 4.79 Å². The van der Waals surface area contributed by atoms with Crippen molar-refractivity contribution < 1.29 is 4.79 Å². The minimum Gasteiger partial charge on any atom is -0.343 e. The Hall–Kier alpha value is -0.570. The average molecular weight is 212 g/mol. The summed E-state index contributed by atoms with van der Waals surface area (Å²) in [5.41, 5.74) is 5.70. The van der Waals surface area contributed by atoms with Gasteiger partial charge in [0.15, 0.2) is 0 Å². The van der Waals surface area contributed by atoms with Gasteiger partial charge in [0, 0.05) is 19.6 Å². The maximum absolute atomic E-state index is 12.1. The molecule has 1 rings (SSSR count). The van der Waals surface area contributed by atoms with Crippen LogP contribution in [0.15, 0.2) is 0 Å². The molecule has 1 atom stereocenters. The lowest BCUT2D eigenvalue weighted by Gasteiger charge is -2.31. The minimum atomic E-state index is 0.0650. The van der Waals surface area contributed by atoms with Crippen molar-refractivity contribution in [3.63, 3.8) is 0 Å². The van der Waals surface area contributed by atoms with Gasteiger partial charge in [-0.25, -0.2) is 0 Å². The largest absolute Gasteiger partial charge is 0.343 e. The summed E-state index contributed by atoms with van der Waals surface area (Å²) in [7, 11) is 0. The molecule has 2 N–H and O–H groups in total. The zero-order valence-electron chi connectivity index (χ0n) is 10.0. The quantitative estimate of drug-likeness (QED) is 0.727. The third-order valence-corrected chi connectivity index (χ3v) is 3.55. The monoisotopic (exact) mass is 212 g/mol. The maximum Gasteiger partial charge on any atom is 0.226 e. The Morgan fingerprint density at radius 2 is 2.00 bits per heavy atom. The van der Waals surface area contributed by atoms with E-state index in [4.69, 9.17) is 5.73 Å². The molecule has 1 amide bonds. The fraction of sp³-hybridized carbons (Fsp3) is 0.917. The molecular weight excluding hydrogens is 188 g/mol. The fourth-order valence-corrected chi connectivity index (χ4v) is 2.22. The lowest BCUT2D eigenvalue weighted by molar-refractivity contribution is -0.135. The van der Waals surface area contributed by atoms with E-state index in [2.05, 4.69) is 0 Å². The summed E-state index contributed by atoms with van der Waals surface area (Å²) >= 11 is 0. The number of amides is 1. The Labute approximate surface area is 93.0 Å². The lowest BCUT2D eigenvalue weighted by atomic mass is 9.78. The molecule has 0 radical (unpaired) electrons. The van der Waals surface area contributed by atoms with Crippen LogP contribution in [-0.4, -0.2) is 30.4 Å². The molecule has 1 aliphatic carbocycles. The first-order valence-electron chi connectivity index (χ1n) is 6.21. The molecular formula is C12H24N2O. The molecule has 0 aromatic carbocycles.